The number of hydrogen-bond donors (Lipinski definition) is 1. The van der Waals surface area contributed by atoms with Crippen molar-refractivity contribution in [3.05, 3.63) is 0 Å². The summed E-state index contributed by atoms with van der Waals surface area (Å²) in [6.07, 6.45) is 0. The number of nitrogens with zero attached hydrogens (tertiary/aromatic N) is 1. The highest BCUT2D eigenvalue weighted by Crippen LogP contribution is 2.13. The largest absolute Gasteiger partial charge is 0.383 e. The van der Waals surface area contributed by atoms with Gasteiger partial charge < -0.3 is 10.1 Å². The maximum Gasteiger partial charge on any atom is 0.0615 e. The Bertz CT molecular complexity index is 151. The molecule has 3 heteroatoms. The van der Waals surface area contributed by atoms with Gasteiger partial charge in [-0.1, -0.05) is 20.8 Å². The number of nitrogens with one attached hydrogen (secondary N) is 1. The van der Waals surface area contributed by atoms with Crippen LogP contribution in [0.1, 0.15) is 27.7 Å². The van der Waals surface area contributed by atoms with Gasteiger partial charge in [0.1, 0.15) is 0 Å². The molecule has 0 saturated carbocycles. The van der Waals surface area contributed by atoms with Gasteiger partial charge in [-0.2, -0.15) is 0 Å². The van der Waals surface area contributed by atoms with Crippen molar-refractivity contribution < 1.29 is 4.74 Å². The third kappa shape index (κ3) is 4.96. The van der Waals surface area contributed by atoms with Crippen LogP contribution in [0.25, 0.3) is 0 Å². The normalized spacial score (nSPS) is 16.0. The zero-order valence-corrected chi connectivity index (χ0v) is 11.2. The first-order valence-electron chi connectivity index (χ1n) is 5.97. The maximum atomic E-state index is 5.23. The van der Waals surface area contributed by atoms with Gasteiger partial charge in [-0.15, -0.1) is 0 Å². The van der Waals surface area contributed by atoms with E-state index in [0.717, 1.165) is 19.7 Å². The molecule has 0 aromatic carbocycles. The van der Waals surface area contributed by atoms with Crippen LogP contribution < -0.4 is 5.32 Å². The van der Waals surface area contributed by atoms with Crippen molar-refractivity contribution in [2.45, 2.75) is 39.8 Å². The maximum absolute atomic E-state index is 5.23. The third-order valence-corrected chi connectivity index (χ3v) is 2.95. The third-order valence-electron chi connectivity index (χ3n) is 2.95. The summed E-state index contributed by atoms with van der Waals surface area (Å²) in [6.45, 7) is 11.9. The van der Waals surface area contributed by atoms with E-state index in [9.17, 15) is 0 Å². The standard InChI is InChI=1S/C12H28N2O/c1-7-14(11(4)9-15-6)12(8-13-5)10(2)3/h10-13H,7-9H2,1-6H3. The predicted molar refractivity (Wildman–Crippen MR) is 66.3 cm³/mol. The highest BCUT2D eigenvalue weighted by atomic mass is 16.5. The molecule has 0 radical (unpaired) electrons. The van der Waals surface area contributed by atoms with E-state index < -0.39 is 0 Å². The second-order valence-corrected chi connectivity index (χ2v) is 4.50. The zero-order valence-electron chi connectivity index (χ0n) is 11.2. The topological polar surface area (TPSA) is 24.5 Å². The first-order valence-corrected chi connectivity index (χ1v) is 5.97. The van der Waals surface area contributed by atoms with Gasteiger partial charge in [-0.05, 0) is 26.4 Å². The van der Waals surface area contributed by atoms with E-state index in [2.05, 4.69) is 37.9 Å². The Morgan fingerprint density at radius 1 is 1.27 bits per heavy atom. The SMILES string of the molecule is CCN(C(C)COC)C(CNC)C(C)C. The Balaban J connectivity index is 4.42. The van der Waals surface area contributed by atoms with Crippen molar-refractivity contribution in [2.24, 2.45) is 5.92 Å². The van der Waals surface area contributed by atoms with Gasteiger partial charge in [-0.3, -0.25) is 4.90 Å². The highest BCUT2D eigenvalue weighted by Gasteiger charge is 2.23. The van der Waals surface area contributed by atoms with Crippen LogP contribution in [0.2, 0.25) is 0 Å². The summed E-state index contributed by atoms with van der Waals surface area (Å²) >= 11 is 0. The van der Waals surface area contributed by atoms with Crippen molar-refractivity contribution in [1.82, 2.24) is 10.2 Å². The molecular weight excluding hydrogens is 188 g/mol. The molecule has 2 atom stereocenters. The van der Waals surface area contributed by atoms with Crippen LogP contribution in [-0.2, 0) is 4.74 Å². The molecule has 0 aromatic rings. The van der Waals surface area contributed by atoms with E-state index >= 15 is 0 Å². The van der Waals surface area contributed by atoms with Crippen LogP contribution in [0.3, 0.4) is 0 Å². The highest BCUT2D eigenvalue weighted by molar-refractivity contribution is 4.79. The van der Waals surface area contributed by atoms with Crippen LogP contribution in [0.15, 0.2) is 0 Å². The van der Waals surface area contributed by atoms with Gasteiger partial charge in [0.25, 0.3) is 0 Å². The van der Waals surface area contributed by atoms with E-state index in [1.54, 1.807) is 7.11 Å². The first kappa shape index (κ1) is 14.9. The Kier molecular flexibility index (Phi) is 8.02. The Labute approximate surface area is 95.2 Å². The number of rotatable bonds is 8. The van der Waals surface area contributed by atoms with Gasteiger partial charge >= 0.3 is 0 Å². The van der Waals surface area contributed by atoms with Crippen molar-refractivity contribution in [1.29, 1.82) is 0 Å². The lowest BCUT2D eigenvalue weighted by Gasteiger charge is -2.37. The number of ether oxygens (including phenoxy) is 1. The van der Waals surface area contributed by atoms with E-state index in [-0.39, 0.29) is 0 Å². The molecule has 1 N–H and O–H groups in total. The van der Waals surface area contributed by atoms with Gasteiger partial charge in [0.2, 0.25) is 0 Å². The fourth-order valence-corrected chi connectivity index (χ4v) is 2.16. The van der Waals surface area contributed by atoms with Crippen LogP contribution >= 0.6 is 0 Å². The summed E-state index contributed by atoms with van der Waals surface area (Å²) in [4.78, 5) is 2.52. The average molecular weight is 216 g/mol. The molecule has 15 heavy (non-hydrogen) atoms. The van der Waals surface area contributed by atoms with Crippen LogP contribution in [-0.4, -0.2) is 50.8 Å². The summed E-state index contributed by atoms with van der Waals surface area (Å²) in [7, 11) is 3.79. The number of methoxy groups -OCH3 is 1. The van der Waals surface area contributed by atoms with Crippen LogP contribution in [0, 0.1) is 5.92 Å². The fraction of sp³-hybridized carbons (Fsp3) is 1.00. The van der Waals surface area contributed by atoms with Crippen molar-refractivity contribution >= 4 is 0 Å². The molecule has 0 fully saturated rings. The molecular formula is C12H28N2O. The Morgan fingerprint density at radius 2 is 1.87 bits per heavy atom. The zero-order chi connectivity index (χ0) is 11.8. The first-order chi connectivity index (χ1) is 7.08. The summed E-state index contributed by atoms with van der Waals surface area (Å²) in [5.74, 6) is 0.664. The lowest BCUT2D eigenvalue weighted by Crippen LogP contribution is -2.50. The Morgan fingerprint density at radius 3 is 2.20 bits per heavy atom. The molecule has 0 spiro atoms. The van der Waals surface area contributed by atoms with E-state index in [1.807, 2.05) is 7.05 Å². The van der Waals surface area contributed by atoms with E-state index in [1.165, 1.54) is 0 Å². The minimum atomic E-state index is 0.487. The molecule has 92 valence electrons. The monoisotopic (exact) mass is 216 g/mol. The molecule has 0 rings (SSSR count). The lowest BCUT2D eigenvalue weighted by molar-refractivity contribution is 0.0572. The molecule has 0 aromatic heterocycles. The summed E-state index contributed by atoms with van der Waals surface area (Å²) in [5.41, 5.74) is 0. The molecule has 0 heterocycles. The van der Waals surface area contributed by atoms with Gasteiger partial charge in [-0.25, -0.2) is 0 Å². The van der Waals surface area contributed by atoms with Gasteiger partial charge in [0.15, 0.2) is 0 Å². The quantitative estimate of drug-likeness (QED) is 0.667. The van der Waals surface area contributed by atoms with Gasteiger partial charge in [0, 0.05) is 25.7 Å². The minimum absolute atomic E-state index is 0.487. The predicted octanol–water partition coefficient (Wildman–Crippen LogP) is 1.59. The molecule has 3 nitrogen and oxygen atoms in total. The van der Waals surface area contributed by atoms with Gasteiger partial charge in [0.05, 0.1) is 6.61 Å². The van der Waals surface area contributed by atoms with Crippen molar-refractivity contribution in [2.75, 3.05) is 33.9 Å². The summed E-state index contributed by atoms with van der Waals surface area (Å²) < 4.78 is 5.23. The second kappa shape index (κ2) is 8.08. The lowest BCUT2D eigenvalue weighted by atomic mass is 10.0. The number of likely N-dealkylation sites (N-methyl/N-ethyl adjacent to an activating group) is 2. The molecule has 0 saturated heterocycles. The Hall–Kier alpha value is -0.120. The van der Waals surface area contributed by atoms with Crippen molar-refractivity contribution in [3.8, 4) is 0 Å². The molecule has 0 amide bonds. The smallest absolute Gasteiger partial charge is 0.0615 e. The van der Waals surface area contributed by atoms with Crippen LogP contribution in [0.5, 0.6) is 0 Å². The molecule has 2 unspecified atom stereocenters. The molecule has 0 aliphatic rings. The number of hydrogen-bond acceptors (Lipinski definition) is 3. The summed E-state index contributed by atoms with van der Waals surface area (Å²) in [6, 6.07) is 1.07. The minimum Gasteiger partial charge on any atom is -0.383 e. The van der Waals surface area contributed by atoms with E-state index in [0.29, 0.717) is 18.0 Å². The second-order valence-electron chi connectivity index (χ2n) is 4.50. The molecule has 0 aliphatic carbocycles. The van der Waals surface area contributed by atoms with E-state index in [4.69, 9.17) is 4.74 Å². The summed E-state index contributed by atoms with van der Waals surface area (Å²) in [5, 5.41) is 3.28. The van der Waals surface area contributed by atoms with Crippen molar-refractivity contribution in [3.63, 3.8) is 0 Å². The average Bonchev–Trinajstić information content (AvgIpc) is 2.18. The molecule has 0 bridgehead atoms. The molecule has 0 aliphatic heterocycles. The fourth-order valence-electron chi connectivity index (χ4n) is 2.16. The van der Waals surface area contributed by atoms with Crippen LogP contribution in [0.4, 0.5) is 0 Å².